The first kappa shape index (κ1) is 22.7. The third kappa shape index (κ3) is 5.86. The Morgan fingerprint density at radius 1 is 1.03 bits per heavy atom. The number of fused-ring (bicyclic) bond motifs is 1. The molecule has 33 heavy (non-hydrogen) atoms. The van der Waals surface area contributed by atoms with Crippen molar-refractivity contribution in [2.45, 2.75) is 38.6 Å². The van der Waals surface area contributed by atoms with Crippen molar-refractivity contribution < 1.29 is 9.84 Å². The summed E-state index contributed by atoms with van der Waals surface area (Å²) in [5.74, 6) is 0.728. The predicted octanol–water partition coefficient (Wildman–Crippen LogP) is 4.08. The summed E-state index contributed by atoms with van der Waals surface area (Å²) in [7, 11) is 0. The van der Waals surface area contributed by atoms with E-state index in [2.05, 4.69) is 10.3 Å². The number of aliphatic hydroxyl groups is 1. The second-order valence-electron chi connectivity index (χ2n) is 8.15. The molecular weight excluding hydrogens is 414 g/mol. The molecule has 0 aliphatic heterocycles. The third-order valence-electron chi connectivity index (χ3n) is 5.70. The van der Waals surface area contributed by atoms with Crippen molar-refractivity contribution in [1.29, 1.82) is 0 Å². The monoisotopic (exact) mass is 443 g/mol. The van der Waals surface area contributed by atoms with Crippen molar-refractivity contribution in [2.75, 3.05) is 6.54 Å². The highest BCUT2D eigenvalue weighted by Gasteiger charge is 2.16. The Kier molecular flexibility index (Phi) is 7.50. The molecular formula is C27H29N3O3. The standard InChI is InChI=1S/C27H29N3O3/c1-20(28-15-8-16-30-19-29-25-14-6-5-13-24(25)27(30)32)26(31)22-11-7-12-23(17-22)33-18-21-9-3-2-4-10-21/h2-7,9-14,17,19-20,26,28,31H,8,15-16,18H2,1H3. The number of aryl methyl sites for hydroxylation is 1. The topological polar surface area (TPSA) is 76.4 Å². The van der Waals surface area contributed by atoms with Crippen LogP contribution in [0.3, 0.4) is 0 Å². The molecule has 0 fully saturated rings. The summed E-state index contributed by atoms with van der Waals surface area (Å²) < 4.78 is 7.52. The number of nitrogens with zero attached hydrogens (tertiary/aromatic N) is 2. The second-order valence-corrected chi connectivity index (χ2v) is 8.15. The highest BCUT2D eigenvalue weighted by molar-refractivity contribution is 5.76. The van der Waals surface area contributed by atoms with Crippen molar-refractivity contribution >= 4 is 10.9 Å². The molecule has 6 heteroatoms. The van der Waals surface area contributed by atoms with Gasteiger partial charge in [0, 0.05) is 12.6 Å². The largest absolute Gasteiger partial charge is 0.489 e. The van der Waals surface area contributed by atoms with E-state index in [0.717, 1.165) is 23.3 Å². The lowest BCUT2D eigenvalue weighted by molar-refractivity contribution is 0.135. The van der Waals surface area contributed by atoms with Crippen LogP contribution in [0.15, 0.2) is 90.0 Å². The summed E-state index contributed by atoms with van der Waals surface area (Å²) in [5, 5.41) is 14.8. The van der Waals surface area contributed by atoms with E-state index < -0.39 is 6.10 Å². The fourth-order valence-corrected chi connectivity index (χ4v) is 3.77. The van der Waals surface area contributed by atoms with Gasteiger partial charge in [0.25, 0.3) is 5.56 Å². The zero-order chi connectivity index (χ0) is 23.0. The Hall–Kier alpha value is -3.48. The molecule has 0 saturated heterocycles. The van der Waals surface area contributed by atoms with Gasteiger partial charge in [-0.1, -0.05) is 54.6 Å². The first-order valence-electron chi connectivity index (χ1n) is 11.2. The Morgan fingerprint density at radius 3 is 2.67 bits per heavy atom. The van der Waals surface area contributed by atoms with E-state index in [1.807, 2.05) is 79.7 Å². The highest BCUT2D eigenvalue weighted by atomic mass is 16.5. The molecule has 0 amide bonds. The Balaban J connectivity index is 1.28. The van der Waals surface area contributed by atoms with Crippen LogP contribution in [0.1, 0.15) is 30.6 Å². The molecule has 2 N–H and O–H groups in total. The minimum Gasteiger partial charge on any atom is -0.489 e. The van der Waals surface area contributed by atoms with Crippen LogP contribution in [0.25, 0.3) is 10.9 Å². The average Bonchev–Trinajstić information content (AvgIpc) is 2.87. The van der Waals surface area contributed by atoms with E-state index in [4.69, 9.17) is 4.74 Å². The molecule has 6 nitrogen and oxygen atoms in total. The molecule has 2 unspecified atom stereocenters. The summed E-state index contributed by atoms with van der Waals surface area (Å²) in [6.45, 7) is 3.67. The highest BCUT2D eigenvalue weighted by Crippen LogP contribution is 2.22. The predicted molar refractivity (Wildman–Crippen MR) is 130 cm³/mol. The molecule has 2 atom stereocenters. The number of rotatable bonds is 10. The number of benzene rings is 3. The summed E-state index contributed by atoms with van der Waals surface area (Å²) in [6, 6.07) is 24.8. The minimum absolute atomic E-state index is 0.0269. The Bertz CT molecular complexity index is 1240. The third-order valence-corrected chi connectivity index (χ3v) is 5.70. The van der Waals surface area contributed by atoms with Crippen LogP contribution < -0.4 is 15.6 Å². The number of nitrogens with one attached hydrogen (secondary N) is 1. The number of hydrogen-bond acceptors (Lipinski definition) is 5. The van der Waals surface area contributed by atoms with Crippen molar-refractivity contribution in [3.63, 3.8) is 0 Å². The van der Waals surface area contributed by atoms with Crippen molar-refractivity contribution in [3.05, 3.63) is 107 Å². The van der Waals surface area contributed by atoms with E-state index in [1.165, 1.54) is 0 Å². The molecule has 3 aromatic carbocycles. The zero-order valence-electron chi connectivity index (χ0n) is 18.7. The molecule has 0 aliphatic rings. The van der Waals surface area contributed by atoms with Crippen LogP contribution in [0.4, 0.5) is 0 Å². The van der Waals surface area contributed by atoms with E-state index in [-0.39, 0.29) is 11.6 Å². The molecule has 0 radical (unpaired) electrons. The van der Waals surface area contributed by atoms with Crippen molar-refractivity contribution in [3.8, 4) is 5.75 Å². The molecule has 1 heterocycles. The number of aliphatic hydroxyl groups excluding tert-OH is 1. The SMILES string of the molecule is CC(NCCCn1cnc2ccccc2c1=O)C(O)c1cccc(OCc2ccccc2)c1. The van der Waals surface area contributed by atoms with Gasteiger partial charge in [0.2, 0.25) is 0 Å². The normalized spacial score (nSPS) is 13.0. The lowest BCUT2D eigenvalue weighted by Gasteiger charge is -2.21. The van der Waals surface area contributed by atoms with Gasteiger partial charge in [-0.15, -0.1) is 0 Å². The smallest absolute Gasteiger partial charge is 0.261 e. The maximum absolute atomic E-state index is 12.6. The van der Waals surface area contributed by atoms with Crippen molar-refractivity contribution in [1.82, 2.24) is 14.9 Å². The maximum atomic E-state index is 12.6. The van der Waals surface area contributed by atoms with E-state index >= 15 is 0 Å². The van der Waals surface area contributed by atoms with Gasteiger partial charge in [0.15, 0.2) is 0 Å². The van der Waals surface area contributed by atoms with Crippen LogP contribution in [0, 0.1) is 0 Å². The number of ether oxygens (including phenoxy) is 1. The van der Waals surface area contributed by atoms with Crippen LogP contribution in [0.5, 0.6) is 5.75 Å². The van der Waals surface area contributed by atoms with Gasteiger partial charge in [-0.2, -0.15) is 0 Å². The first-order chi connectivity index (χ1) is 16.1. The molecule has 0 saturated carbocycles. The van der Waals surface area contributed by atoms with Crippen LogP contribution in [-0.2, 0) is 13.2 Å². The minimum atomic E-state index is -0.671. The molecule has 0 bridgehead atoms. The number of hydrogen-bond donors (Lipinski definition) is 2. The van der Waals surface area contributed by atoms with Gasteiger partial charge in [0.1, 0.15) is 12.4 Å². The molecule has 0 aliphatic carbocycles. The van der Waals surface area contributed by atoms with Gasteiger partial charge in [-0.3, -0.25) is 9.36 Å². The van der Waals surface area contributed by atoms with E-state index in [1.54, 1.807) is 17.0 Å². The molecule has 170 valence electrons. The lowest BCUT2D eigenvalue weighted by Crippen LogP contribution is -2.33. The Labute approximate surface area is 193 Å². The van der Waals surface area contributed by atoms with Gasteiger partial charge < -0.3 is 15.2 Å². The summed E-state index contributed by atoms with van der Waals surface area (Å²) >= 11 is 0. The summed E-state index contributed by atoms with van der Waals surface area (Å²) in [4.78, 5) is 16.9. The molecule has 4 rings (SSSR count). The van der Waals surface area contributed by atoms with Gasteiger partial charge in [-0.05, 0) is 55.3 Å². The number of aromatic nitrogens is 2. The van der Waals surface area contributed by atoms with Crippen LogP contribution in [-0.4, -0.2) is 27.2 Å². The second kappa shape index (κ2) is 10.9. The van der Waals surface area contributed by atoms with Gasteiger partial charge in [-0.25, -0.2) is 4.98 Å². The molecule has 4 aromatic rings. The Morgan fingerprint density at radius 2 is 1.82 bits per heavy atom. The van der Waals surface area contributed by atoms with Crippen molar-refractivity contribution in [2.24, 2.45) is 0 Å². The van der Waals surface area contributed by atoms with Crippen LogP contribution >= 0.6 is 0 Å². The number of para-hydroxylation sites is 1. The zero-order valence-corrected chi connectivity index (χ0v) is 18.7. The summed E-state index contributed by atoms with van der Waals surface area (Å²) in [6.07, 6.45) is 1.68. The van der Waals surface area contributed by atoms with E-state index in [9.17, 15) is 9.90 Å². The molecule has 1 aromatic heterocycles. The van der Waals surface area contributed by atoms with Gasteiger partial charge >= 0.3 is 0 Å². The quantitative estimate of drug-likeness (QED) is 0.361. The fourth-order valence-electron chi connectivity index (χ4n) is 3.77. The van der Waals surface area contributed by atoms with E-state index in [0.29, 0.717) is 30.6 Å². The lowest BCUT2D eigenvalue weighted by atomic mass is 10.0. The average molecular weight is 444 g/mol. The fraction of sp³-hybridized carbons (Fsp3) is 0.259. The first-order valence-corrected chi connectivity index (χ1v) is 11.2. The molecule has 0 spiro atoms. The van der Waals surface area contributed by atoms with Gasteiger partial charge in [0.05, 0.1) is 23.3 Å². The summed E-state index contributed by atoms with van der Waals surface area (Å²) in [5.41, 5.74) is 2.58. The van der Waals surface area contributed by atoms with Crippen LogP contribution in [0.2, 0.25) is 0 Å². The maximum Gasteiger partial charge on any atom is 0.261 e.